The van der Waals surface area contributed by atoms with E-state index in [4.69, 9.17) is 0 Å². The average molecular weight is 1250 g/mol. The van der Waals surface area contributed by atoms with Gasteiger partial charge in [-0.15, -0.1) is 0 Å². The Bertz CT molecular complexity index is 3230. The van der Waals surface area contributed by atoms with Gasteiger partial charge < -0.3 is 0 Å². The number of rotatable bonds is 47. The van der Waals surface area contributed by atoms with E-state index in [-0.39, 0.29) is 16.2 Å². The summed E-state index contributed by atoms with van der Waals surface area (Å²) in [6.45, 7) is 14.0. The molecule has 1 nitrogen and oxygen atoms in total. The lowest BCUT2D eigenvalue weighted by atomic mass is 9.70. The predicted octanol–water partition coefficient (Wildman–Crippen LogP) is 29.1. The van der Waals surface area contributed by atoms with Crippen LogP contribution in [0.5, 0.6) is 0 Å². The van der Waals surface area contributed by atoms with Crippen LogP contribution in [0.4, 0.5) is 0 Å². The van der Waals surface area contributed by atoms with Crippen molar-refractivity contribution in [2.75, 3.05) is 0 Å². The highest BCUT2D eigenvalue weighted by molar-refractivity contribution is 5.89. The molecule has 3 aliphatic carbocycles. The Morgan fingerprint density at radius 1 is 0.226 bits per heavy atom. The van der Waals surface area contributed by atoms with Gasteiger partial charge in [-0.2, -0.15) is 0 Å². The first-order chi connectivity index (χ1) is 45.8. The predicted molar refractivity (Wildman–Crippen MR) is 409 cm³/mol. The Morgan fingerprint density at radius 2 is 0.430 bits per heavy atom. The van der Waals surface area contributed by atoms with Crippen LogP contribution in [0.25, 0.3) is 57.7 Å². The van der Waals surface area contributed by atoms with Crippen LogP contribution in [0.2, 0.25) is 0 Å². The molecule has 0 fully saturated rings. The van der Waals surface area contributed by atoms with Gasteiger partial charge in [0.1, 0.15) is 6.29 Å². The third-order valence-corrected chi connectivity index (χ3v) is 22.9. The Balaban J connectivity index is 1.06. The zero-order chi connectivity index (χ0) is 65.0. The van der Waals surface area contributed by atoms with Crippen molar-refractivity contribution < 1.29 is 4.79 Å². The molecule has 0 unspecified atom stereocenters. The van der Waals surface area contributed by atoms with Gasteiger partial charge in [0.15, 0.2) is 0 Å². The number of benzene rings is 6. The fraction of sp³-hybridized carbons (Fsp3) is 0.554. The summed E-state index contributed by atoms with van der Waals surface area (Å²) < 4.78 is 0. The number of carbonyl (C=O) groups excluding carboxylic acids is 1. The van der Waals surface area contributed by atoms with Crippen LogP contribution in [-0.2, 0) is 16.2 Å². The van der Waals surface area contributed by atoms with Crippen molar-refractivity contribution >= 4 is 30.6 Å². The first-order valence-corrected chi connectivity index (χ1v) is 39.5. The normalized spacial score (nSPS) is 14.4. The molecular formula is C92H126O. The summed E-state index contributed by atoms with van der Waals surface area (Å²) in [5.74, 6) is 0. The summed E-state index contributed by atoms with van der Waals surface area (Å²) in [7, 11) is 0. The Kier molecular flexibility index (Phi) is 29.1. The van der Waals surface area contributed by atoms with E-state index in [1.54, 1.807) is 22.3 Å². The topological polar surface area (TPSA) is 17.1 Å². The van der Waals surface area contributed by atoms with Gasteiger partial charge in [0, 0.05) is 21.8 Å². The minimum atomic E-state index is -0.0807. The summed E-state index contributed by atoms with van der Waals surface area (Å²) in [6.07, 6.45) is 65.4. The highest BCUT2D eigenvalue weighted by atomic mass is 16.1. The van der Waals surface area contributed by atoms with E-state index in [9.17, 15) is 4.79 Å². The SMILES string of the molecule is CCCCCCCCC1(CCCCCCCC)c2ccccc2-c2ccc(/C=C/c3ccc4c(c3)C(CCCCCCCC)(CCCCCCCC)c3cc(/C=C/c5ccc6c(c5)C(CCCCCCCC)(CCCCCCCC)c5cc(C=O)ccc5-6)ccc3-4)cc21. The maximum Gasteiger partial charge on any atom is 0.150 e. The van der Waals surface area contributed by atoms with E-state index in [1.165, 1.54) is 324 Å². The van der Waals surface area contributed by atoms with Crippen LogP contribution in [0.15, 0.2) is 115 Å². The molecule has 0 atom stereocenters. The lowest BCUT2D eigenvalue weighted by Crippen LogP contribution is -2.26. The second-order valence-corrected chi connectivity index (χ2v) is 29.7. The molecule has 0 N–H and O–H groups in total. The first kappa shape index (κ1) is 71.8. The van der Waals surface area contributed by atoms with Gasteiger partial charge in [0.25, 0.3) is 0 Å². The smallest absolute Gasteiger partial charge is 0.150 e. The molecule has 0 saturated carbocycles. The molecule has 0 heterocycles. The number of hydrogen-bond acceptors (Lipinski definition) is 1. The van der Waals surface area contributed by atoms with E-state index >= 15 is 0 Å². The molecule has 93 heavy (non-hydrogen) atoms. The second kappa shape index (κ2) is 37.7. The highest BCUT2D eigenvalue weighted by Crippen LogP contribution is 2.58. The van der Waals surface area contributed by atoms with E-state index in [0.717, 1.165) is 24.7 Å². The Labute approximate surface area is 569 Å². The van der Waals surface area contributed by atoms with Crippen molar-refractivity contribution in [3.63, 3.8) is 0 Å². The van der Waals surface area contributed by atoms with Gasteiger partial charge in [-0.1, -0.05) is 406 Å². The molecule has 6 aromatic rings. The van der Waals surface area contributed by atoms with E-state index in [1.807, 2.05) is 0 Å². The molecule has 9 rings (SSSR count). The van der Waals surface area contributed by atoms with Crippen LogP contribution in [0, 0.1) is 0 Å². The zero-order valence-electron chi connectivity index (χ0n) is 60.0. The number of fused-ring (bicyclic) bond motifs is 9. The molecule has 0 spiro atoms. The zero-order valence-corrected chi connectivity index (χ0v) is 60.0. The van der Waals surface area contributed by atoms with Crippen LogP contribution in [0.3, 0.4) is 0 Å². The summed E-state index contributed by atoms with van der Waals surface area (Å²) in [5, 5.41) is 0. The van der Waals surface area contributed by atoms with Gasteiger partial charge >= 0.3 is 0 Å². The monoisotopic (exact) mass is 1250 g/mol. The summed E-state index contributed by atoms with van der Waals surface area (Å²) in [4.78, 5) is 12.5. The molecule has 0 amide bonds. The fourth-order valence-corrected chi connectivity index (χ4v) is 17.6. The summed E-state index contributed by atoms with van der Waals surface area (Å²) in [5.41, 5.74) is 23.9. The second-order valence-electron chi connectivity index (χ2n) is 29.7. The van der Waals surface area contributed by atoms with Gasteiger partial charge in [0.05, 0.1) is 0 Å². The van der Waals surface area contributed by atoms with Gasteiger partial charge in [-0.05, 0) is 134 Å². The molecular weight excluding hydrogens is 1120 g/mol. The third-order valence-electron chi connectivity index (χ3n) is 22.9. The maximum absolute atomic E-state index is 12.5. The molecule has 0 radical (unpaired) electrons. The largest absolute Gasteiger partial charge is 0.298 e. The van der Waals surface area contributed by atoms with Crippen molar-refractivity contribution in [2.24, 2.45) is 0 Å². The van der Waals surface area contributed by atoms with Crippen LogP contribution < -0.4 is 0 Å². The molecule has 6 aromatic carbocycles. The third kappa shape index (κ3) is 18.1. The van der Waals surface area contributed by atoms with Crippen LogP contribution in [-0.4, -0.2) is 6.29 Å². The minimum absolute atomic E-state index is 0.0354. The molecule has 0 aromatic heterocycles. The summed E-state index contributed by atoms with van der Waals surface area (Å²) in [6, 6.07) is 46.3. The van der Waals surface area contributed by atoms with Crippen LogP contribution in [0.1, 0.15) is 377 Å². The molecule has 0 aliphatic heterocycles. The molecule has 0 saturated heterocycles. The quantitative estimate of drug-likeness (QED) is 0.0211. The molecule has 500 valence electrons. The van der Waals surface area contributed by atoms with Crippen molar-refractivity contribution in [1.29, 1.82) is 0 Å². The molecule has 1 heteroatoms. The van der Waals surface area contributed by atoms with Crippen molar-refractivity contribution in [3.05, 3.63) is 176 Å². The van der Waals surface area contributed by atoms with E-state index in [0.29, 0.717) is 0 Å². The highest BCUT2D eigenvalue weighted by Gasteiger charge is 2.45. The molecule has 3 aliphatic rings. The fourth-order valence-electron chi connectivity index (χ4n) is 17.6. The van der Waals surface area contributed by atoms with E-state index in [2.05, 4.69) is 181 Å². The van der Waals surface area contributed by atoms with Gasteiger partial charge in [-0.3, -0.25) is 4.79 Å². The van der Waals surface area contributed by atoms with Crippen LogP contribution >= 0.6 is 0 Å². The lowest BCUT2D eigenvalue weighted by Gasteiger charge is -2.33. The van der Waals surface area contributed by atoms with Crippen molar-refractivity contribution in [3.8, 4) is 33.4 Å². The van der Waals surface area contributed by atoms with Crippen molar-refractivity contribution in [2.45, 2.75) is 327 Å². The van der Waals surface area contributed by atoms with E-state index < -0.39 is 0 Å². The number of aldehydes is 1. The molecule has 0 bridgehead atoms. The number of unbranched alkanes of at least 4 members (excludes halogenated alkanes) is 30. The lowest BCUT2D eigenvalue weighted by molar-refractivity contribution is 0.112. The maximum atomic E-state index is 12.5. The van der Waals surface area contributed by atoms with Gasteiger partial charge in [-0.25, -0.2) is 0 Å². The Morgan fingerprint density at radius 3 is 0.688 bits per heavy atom. The van der Waals surface area contributed by atoms with Gasteiger partial charge in [0.2, 0.25) is 0 Å². The standard InChI is InChI=1S/C92H126O/c1-7-13-19-25-31-39-61-90(62-40-32-26-20-14-8-2)84-46-38-37-45-78(84)79-56-51-73(67-85(79)90)47-48-74-52-57-80-81-58-53-75(69-87(81)91(86(80)68-74,63-41-33-27-21-15-9-3)64-42-34-28-22-16-10-4)49-50-76-54-59-82-83-60-55-77(72-93)71-89(83)92(88(82)70-76,65-43-35-29-23-17-11-5)66-44-36-30-24-18-12-6/h37-38,45-60,67-72H,7-36,39-44,61-66H2,1-6H3/b48-47+,50-49+. The summed E-state index contributed by atoms with van der Waals surface area (Å²) >= 11 is 0. The minimum Gasteiger partial charge on any atom is -0.298 e. The Hall–Kier alpha value is -5.53. The average Bonchev–Trinajstić information content (AvgIpc) is 1.59. The number of hydrogen-bond donors (Lipinski definition) is 0. The van der Waals surface area contributed by atoms with Crippen molar-refractivity contribution in [1.82, 2.24) is 0 Å². The first-order valence-electron chi connectivity index (χ1n) is 39.5. The number of carbonyl (C=O) groups is 1.